The fourth-order valence-electron chi connectivity index (χ4n) is 3.16. The average Bonchev–Trinajstić information content (AvgIpc) is 3.18. The van der Waals surface area contributed by atoms with Crippen LogP contribution in [0.5, 0.6) is 0 Å². The van der Waals surface area contributed by atoms with Crippen molar-refractivity contribution in [3.63, 3.8) is 0 Å². The van der Waals surface area contributed by atoms with E-state index in [0.717, 1.165) is 39.4 Å². The standard InChI is InChI=1S/C20H20N6O/c1-13(27)23-16-5-4-6-17(8-16)24-20-9-19-14(10-21-20)7-18(26(19)3)15-11-22-25(2)12-15/h4-12H,1-3H3,(H,21,24)(H,23,27). The minimum Gasteiger partial charge on any atom is -0.343 e. The maximum atomic E-state index is 11.2. The Kier molecular flexibility index (Phi) is 4.12. The summed E-state index contributed by atoms with van der Waals surface area (Å²) in [7, 11) is 3.94. The second-order valence-corrected chi connectivity index (χ2v) is 6.51. The highest BCUT2D eigenvalue weighted by Crippen LogP contribution is 2.28. The van der Waals surface area contributed by atoms with Crippen LogP contribution in [0, 0.1) is 0 Å². The first-order valence-corrected chi connectivity index (χ1v) is 8.59. The van der Waals surface area contributed by atoms with E-state index in [4.69, 9.17) is 0 Å². The molecule has 3 aromatic heterocycles. The molecule has 0 bridgehead atoms. The second-order valence-electron chi connectivity index (χ2n) is 6.51. The SMILES string of the molecule is CC(=O)Nc1cccc(Nc2cc3c(cn2)cc(-c2cnn(C)c2)n3C)c1. The fourth-order valence-corrected chi connectivity index (χ4v) is 3.16. The van der Waals surface area contributed by atoms with Gasteiger partial charge in [0, 0.05) is 61.8 Å². The normalized spacial score (nSPS) is 10.9. The number of fused-ring (bicyclic) bond motifs is 1. The van der Waals surface area contributed by atoms with E-state index in [1.165, 1.54) is 6.92 Å². The molecule has 136 valence electrons. The lowest BCUT2D eigenvalue weighted by Gasteiger charge is -2.09. The molecule has 0 atom stereocenters. The molecule has 7 nitrogen and oxygen atoms in total. The van der Waals surface area contributed by atoms with Gasteiger partial charge in [0.2, 0.25) is 5.91 Å². The largest absolute Gasteiger partial charge is 0.343 e. The Morgan fingerprint density at radius 1 is 1.07 bits per heavy atom. The quantitative estimate of drug-likeness (QED) is 0.582. The van der Waals surface area contributed by atoms with Gasteiger partial charge in [0.05, 0.1) is 17.4 Å². The van der Waals surface area contributed by atoms with Crippen LogP contribution in [-0.2, 0) is 18.9 Å². The third-order valence-electron chi connectivity index (χ3n) is 4.38. The van der Waals surface area contributed by atoms with Crippen LogP contribution >= 0.6 is 0 Å². The van der Waals surface area contributed by atoms with Gasteiger partial charge in [-0.2, -0.15) is 5.10 Å². The summed E-state index contributed by atoms with van der Waals surface area (Å²) in [6, 6.07) is 11.7. The fraction of sp³-hybridized carbons (Fsp3) is 0.150. The van der Waals surface area contributed by atoms with Gasteiger partial charge in [-0.15, -0.1) is 0 Å². The van der Waals surface area contributed by atoms with Gasteiger partial charge in [0.1, 0.15) is 5.82 Å². The first-order valence-electron chi connectivity index (χ1n) is 8.59. The zero-order valence-electron chi connectivity index (χ0n) is 15.4. The van der Waals surface area contributed by atoms with Crippen LogP contribution in [0.4, 0.5) is 17.2 Å². The number of aromatic nitrogens is 4. The molecule has 0 radical (unpaired) electrons. The molecule has 0 aliphatic heterocycles. The van der Waals surface area contributed by atoms with Crippen molar-refractivity contribution in [1.82, 2.24) is 19.3 Å². The van der Waals surface area contributed by atoms with E-state index in [2.05, 4.69) is 31.3 Å². The smallest absolute Gasteiger partial charge is 0.221 e. The van der Waals surface area contributed by atoms with Gasteiger partial charge in [0.25, 0.3) is 0 Å². The van der Waals surface area contributed by atoms with Crippen molar-refractivity contribution in [2.75, 3.05) is 10.6 Å². The highest BCUT2D eigenvalue weighted by molar-refractivity contribution is 5.90. The number of carbonyl (C=O) groups excluding carboxylic acids is 1. The lowest BCUT2D eigenvalue weighted by molar-refractivity contribution is -0.114. The van der Waals surface area contributed by atoms with Crippen molar-refractivity contribution in [1.29, 1.82) is 0 Å². The van der Waals surface area contributed by atoms with Crippen LogP contribution < -0.4 is 10.6 Å². The lowest BCUT2D eigenvalue weighted by Crippen LogP contribution is -2.05. The van der Waals surface area contributed by atoms with Gasteiger partial charge in [-0.05, 0) is 24.3 Å². The number of hydrogen-bond acceptors (Lipinski definition) is 4. The summed E-state index contributed by atoms with van der Waals surface area (Å²) in [5, 5.41) is 11.4. The number of rotatable bonds is 4. The number of hydrogen-bond donors (Lipinski definition) is 2. The predicted molar refractivity (Wildman–Crippen MR) is 107 cm³/mol. The molecule has 27 heavy (non-hydrogen) atoms. The van der Waals surface area contributed by atoms with Crippen molar-refractivity contribution in [2.45, 2.75) is 6.92 Å². The number of pyridine rings is 1. The molecule has 4 aromatic rings. The molecule has 0 unspecified atom stereocenters. The average molecular weight is 360 g/mol. The molecular formula is C20H20N6O. The Hall–Kier alpha value is -3.61. The molecule has 1 amide bonds. The van der Waals surface area contributed by atoms with E-state index in [0.29, 0.717) is 0 Å². The summed E-state index contributed by atoms with van der Waals surface area (Å²) in [5.41, 5.74) is 4.82. The molecule has 7 heteroatoms. The van der Waals surface area contributed by atoms with Crippen LogP contribution in [0.1, 0.15) is 6.92 Å². The topological polar surface area (TPSA) is 76.8 Å². The molecule has 4 rings (SSSR count). The van der Waals surface area contributed by atoms with Crippen LogP contribution in [0.3, 0.4) is 0 Å². The molecule has 2 N–H and O–H groups in total. The molecule has 0 fully saturated rings. The van der Waals surface area contributed by atoms with Gasteiger partial charge in [0.15, 0.2) is 0 Å². The van der Waals surface area contributed by atoms with Gasteiger partial charge >= 0.3 is 0 Å². The number of benzene rings is 1. The van der Waals surface area contributed by atoms with Gasteiger partial charge in [-0.3, -0.25) is 9.48 Å². The molecule has 1 aromatic carbocycles. The van der Waals surface area contributed by atoms with E-state index < -0.39 is 0 Å². The van der Waals surface area contributed by atoms with E-state index in [1.807, 2.05) is 63.0 Å². The monoisotopic (exact) mass is 360 g/mol. The van der Waals surface area contributed by atoms with Gasteiger partial charge in [-0.25, -0.2) is 4.98 Å². The Morgan fingerprint density at radius 3 is 2.63 bits per heavy atom. The Morgan fingerprint density at radius 2 is 1.89 bits per heavy atom. The van der Waals surface area contributed by atoms with E-state index in [9.17, 15) is 4.79 Å². The van der Waals surface area contributed by atoms with E-state index in [-0.39, 0.29) is 5.91 Å². The Labute approximate surface area is 156 Å². The van der Waals surface area contributed by atoms with Crippen molar-refractivity contribution >= 4 is 34.0 Å². The summed E-state index contributed by atoms with van der Waals surface area (Å²) in [6.07, 6.45) is 5.71. The number of amides is 1. The maximum Gasteiger partial charge on any atom is 0.221 e. The van der Waals surface area contributed by atoms with Crippen molar-refractivity contribution in [2.24, 2.45) is 14.1 Å². The lowest BCUT2D eigenvalue weighted by atomic mass is 10.2. The van der Waals surface area contributed by atoms with Crippen LogP contribution in [0.2, 0.25) is 0 Å². The number of nitrogens with zero attached hydrogens (tertiary/aromatic N) is 4. The highest BCUT2D eigenvalue weighted by Gasteiger charge is 2.11. The highest BCUT2D eigenvalue weighted by atomic mass is 16.1. The zero-order valence-corrected chi connectivity index (χ0v) is 15.4. The predicted octanol–water partition coefficient (Wildman–Crippen LogP) is 3.68. The number of nitrogens with one attached hydrogen (secondary N) is 2. The molecule has 0 aliphatic rings. The van der Waals surface area contributed by atoms with E-state index >= 15 is 0 Å². The molecular weight excluding hydrogens is 340 g/mol. The molecule has 3 heterocycles. The first-order chi connectivity index (χ1) is 13.0. The van der Waals surface area contributed by atoms with E-state index in [1.54, 1.807) is 4.68 Å². The van der Waals surface area contributed by atoms with Gasteiger partial charge < -0.3 is 15.2 Å². The van der Waals surface area contributed by atoms with Crippen LogP contribution in [0.25, 0.3) is 22.2 Å². The van der Waals surface area contributed by atoms with Crippen molar-refractivity contribution < 1.29 is 4.79 Å². The molecule has 0 aliphatic carbocycles. The minimum atomic E-state index is -0.0987. The maximum absolute atomic E-state index is 11.2. The zero-order chi connectivity index (χ0) is 19.0. The Bertz CT molecular complexity index is 1140. The number of aryl methyl sites for hydroxylation is 2. The molecule has 0 saturated carbocycles. The minimum absolute atomic E-state index is 0.0987. The van der Waals surface area contributed by atoms with Crippen LogP contribution in [-0.4, -0.2) is 25.2 Å². The number of carbonyl (C=O) groups is 1. The molecule has 0 spiro atoms. The van der Waals surface area contributed by atoms with Crippen molar-refractivity contribution in [3.05, 3.63) is 55.0 Å². The summed E-state index contributed by atoms with van der Waals surface area (Å²) in [6.45, 7) is 1.49. The number of anilines is 3. The third-order valence-corrected chi connectivity index (χ3v) is 4.38. The summed E-state index contributed by atoms with van der Waals surface area (Å²) < 4.78 is 3.92. The molecule has 0 saturated heterocycles. The third kappa shape index (κ3) is 3.39. The van der Waals surface area contributed by atoms with Crippen LogP contribution in [0.15, 0.2) is 55.0 Å². The summed E-state index contributed by atoms with van der Waals surface area (Å²) in [5.74, 6) is 0.639. The summed E-state index contributed by atoms with van der Waals surface area (Å²) >= 11 is 0. The first kappa shape index (κ1) is 16.8. The Balaban J connectivity index is 1.66. The van der Waals surface area contributed by atoms with Crippen molar-refractivity contribution in [3.8, 4) is 11.3 Å². The van der Waals surface area contributed by atoms with Gasteiger partial charge in [-0.1, -0.05) is 6.07 Å². The summed E-state index contributed by atoms with van der Waals surface area (Å²) in [4.78, 5) is 15.7. The second kappa shape index (κ2) is 6.60.